The maximum Gasteiger partial charge on any atom is 0.294 e. The van der Waals surface area contributed by atoms with Crippen molar-refractivity contribution in [3.63, 3.8) is 0 Å². The average molecular weight is 240 g/mol. The Morgan fingerprint density at radius 3 is 2.50 bits per heavy atom. The molecule has 1 rings (SSSR count). The van der Waals surface area contributed by atoms with Gasteiger partial charge in [-0.25, -0.2) is 4.39 Å². The average Bonchev–Trinajstić information content (AvgIpc) is 2.12. The van der Waals surface area contributed by atoms with Gasteiger partial charge in [0.15, 0.2) is 16.6 Å². The highest BCUT2D eigenvalue weighted by Gasteiger charge is 2.23. The molecule has 0 heterocycles. The zero-order valence-electron chi connectivity index (χ0n) is 6.88. The molecule has 0 saturated carbocycles. The van der Waals surface area contributed by atoms with E-state index in [9.17, 15) is 14.5 Å². The molecule has 0 aliphatic carbocycles. The standard InChI is InChI=1S/C7H4Cl2FNO3/c1-14-7-5(8)3(10)2-4(6(7)9)11(12)13/h2H,1H3. The first-order valence-corrected chi connectivity index (χ1v) is 4.10. The quantitative estimate of drug-likeness (QED) is 0.453. The molecule has 0 saturated heterocycles. The van der Waals surface area contributed by atoms with Crippen LogP contribution in [0.5, 0.6) is 5.75 Å². The molecule has 0 radical (unpaired) electrons. The molecule has 0 N–H and O–H groups in total. The monoisotopic (exact) mass is 239 g/mol. The van der Waals surface area contributed by atoms with E-state index in [1.165, 1.54) is 7.11 Å². The number of benzene rings is 1. The predicted molar refractivity (Wildman–Crippen MR) is 49.6 cm³/mol. The van der Waals surface area contributed by atoms with Crippen molar-refractivity contribution < 1.29 is 14.1 Å². The maximum atomic E-state index is 13.0. The summed E-state index contributed by atoms with van der Waals surface area (Å²) in [6, 6.07) is 0.646. The summed E-state index contributed by atoms with van der Waals surface area (Å²) in [4.78, 5) is 9.59. The highest BCUT2D eigenvalue weighted by molar-refractivity contribution is 6.38. The van der Waals surface area contributed by atoms with Gasteiger partial charge < -0.3 is 4.74 Å². The van der Waals surface area contributed by atoms with E-state index in [0.29, 0.717) is 6.07 Å². The number of nitro groups is 1. The van der Waals surface area contributed by atoms with Crippen molar-refractivity contribution in [1.29, 1.82) is 0 Å². The van der Waals surface area contributed by atoms with Crippen LogP contribution in [0.2, 0.25) is 10.0 Å². The van der Waals surface area contributed by atoms with Crippen molar-refractivity contribution in [3.05, 3.63) is 32.0 Å². The normalized spacial score (nSPS) is 10.0. The molecule has 0 aromatic heterocycles. The van der Waals surface area contributed by atoms with Crippen LogP contribution in [0.4, 0.5) is 10.1 Å². The third kappa shape index (κ3) is 1.73. The first-order valence-electron chi connectivity index (χ1n) is 3.35. The minimum Gasteiger partial charge on any atom is -0.493 e. The zero-order valence-corrected chi connectivity index (χ0v) is 8.40. The van der Waals surface area contributed by atoms with Crippen LogP contribution in [0.1, 0.15) is 0 Å². The molecule has 7 heteroatoms. The van der Waals surface area contributed by atoms with Crippen molar-refractivity contribution in [1.82, 2.24) is 0 Å². The van der Waals surface area contributed by atoms with Gasteiger partial charge in [-0.05, 0) is 0 Å². The number of methoxy groups -OCH3 is 1. The van der Waals surface area contributed by atoms with Gasteiger partial charge >= 0.3 is 0 Å². The number of rotatable bonds is 2. The number of hydrogen-bond acceptors (Lipinski definition) is 3. The SMILES string of the molecule is COc1c(Cl)c(F)cc([N+](=O)[O-])c1Cl. The molecule has 0 spiro atoms. The van der Waals surface area contributed by atoms with E-state index < -0.39 is 16.4 Å². The molecule has 76 valence electrons. The lowest BCUT2D eigenvalue weighted by molar-refractivity contribution is -0.384. The van der Waals surface area contributed by atoms with Crippen LogP contribution in [-0.4, -0.2) is 12.0 Å². The topological polar surface area (TPSA) is 52.4 Å². The third-order valence-electron chi connectivity index (χ3n) is 1.50. The maximum absolute atomic E-state index is 13.0. The van der Waals surface area contributed by atoms with Crippen LogP contribution in [0.3, 0.4) is 0 Å². The molecular formula is C7H4Cl2FNO3. The van der Waals surface area contributed by atoms with Gasteiger partial charge in [0.25, 0.3) is 5.69 Å². The van der Waals surface area contributed by atoms with Crippen LogP contribution >= 0.6 is 23.2 Å². The molecular weight excluding hydrogens is 236 g/mol. The van der Waals surface area contributed by atoms with Crippen LogP contribution in [-0.2, 0) is 0 Å². The predicted octanol–water partition coefficient (Wildman–Crippen LogP) is 3.05. The zero-order chi connectivity index (χ0) is 10.9. The molecule has 1 aromatic carbocycles. The van der Waals surface area contributed by atoms with E-state index >= 15 is 0 Å². The van der Waals surface area contributed by atoms with E-state index in [0.717, 1.165) is 0 Å². The highest BCUT2D eigenvalue weighted by atomic mass is 35.5. The number of nitrogens with zero attached hydrogens (tertiary/aromatic N) is 1. The van der Waals surface area contributed by atoms with Gasteiger partial charge in [0.2, 0.25) is 0 Å². The fraction of sp³-hybridized carbons (Fsp3) is 0.143. The summed E-state index contributed by atoms with van der Waals surface area (Å²) in [6.45, 7) is 0. The Kier molecular flexibility index (Phi) is 3.13. The van der Waals surface area contributed by atoms with Gasteiger partial charge in [-0.1, -0.05) is 23.2 Å². The van der Waals surface area contributed by atoms with Crippen molar-refractivity contribution >= 4 is 28.9 Å². The summed E-state index contributed by atoms with van der Waals surface area (Å²) < 4.78 is 17.6. The van der Waals surface area contributed by atoms with E-state index in [1.807, 2.05) is 0 Å². The Balaban J connectivity index is 3.50. The van der Waals surface area contributed by atoms with Crippen molar-refractivity contribution in [2.75, 3.05) is 7.11 Å². The van der Waals surface area contributed by atoms with E-state index in [4.69, 9.17) is 23.2 Å². The molecule has 1 aromatic rings. The third-order valence-corrected chi connectivity index (χ3v) is 2.21. The Morgan fingerprint density at radius 2 is 2.07 bits per heavy atom. The fourth-order valence-corrected chi connectivity index (χ4v) is 1.45. The first-order chi connectivity index (χ1) is 6.49. The second-order valence-corrected chi connectivity index (χ2v) is 3.05. The minimum absolute atomic E-state index is 0.236. The Bertz CT molecular complexity index is 397. The summed E-state index contributed by atoms with van der Waals surface area (Å²) in [5.41, 5.74) is -0.578. The molecule has 0 atom stereocenters. The van der Waals surface area contributed by atoms with Gasteiger partial charge in [-0.2, -0.15) is 0 Å². The number of halogens is 3. The van der Waals surface area contributed by atoms with Gasteiger partial charge in [0.1, 0.15) is 5.02 Å². The lowest BCUT2D eigenvalue weighted by Crippen LogP contribution is -1.95. The summed E-state index contributed by atoms with van der Waals surface area (Å²) in [5, 5.41) is 9.72. The number of ether oxygens (including phenoxy) is 1. The second kappa shape index (κ2) is 3.98. The Morgan fingerprint density at radius 1 is 1.50 bits per heavy atom. The lowest BCUT2D eigenvalue weighted by Gasteiger charge is -2.06. The van der Waals surface area contributed by atoms with Crippen LogP contribution in [0, 0.1) is 15.9 Å². The van der Waals surface area contributed by atoms with Crippen molar-refractivity contribution in [2.24, 2.45) is 0 Å². The molecule has 0 aliphatic heterocycles. The molecule has 0 bridgehead atoms. The van der Waals surface area contributed by atoms with Gasteiger partial charge in [0.05, 0.1) is 18.1 Å². The van der Waals surface area contributed by atoms with E-state index in [2.05, 4.69) is 4.74 Å². The summed E-state index contributed by atoms with van der Waals surface area (Å²) >= 11 is 11.0. The van der Waals surface area contributed by atoms with Crippen molar-refractivity contribution in [2.45, 2.75) is 0 Å². The smallest absolute Gasteiger partial charge is 0.294 e. The van der Waals surface area contributed by atoms with Crippen molar-refractivity contribution in [3.8, 4) is 5.75 Å². The molecule has 0 unspecified atom stereocenters. The van der Waals surface area contributed by atoms with Crippen LogP contribution in [0.25, 0.3) is 0 Å². The number of hydrogen-bond donors (Lipinski definition) is 0. The lowest BCUT2D eigenvalue weighted by atomic mass is 10.3. The van der Waals surface area contributed by atoms with Gasteiger partial charge in [0, 0.05) is 0 Å². The molecule has 0 fully saturated rings. The Labute approximate surface area is 88.3 Å². The summed E-state index contributed by atoms with van der Waals surface area (Å²) in [5.74, 6) is -1.18. The highest BCUT2D eigenvalue weighted by Crippen LogP contribution is 2.40. The molecule has 4 nitrogen and oxygen atoms in total. The number of nitro benzene ring substituents is 1. The minimum atomic E-state index is -0.945. The largest absolute Gasteiger partial charge is 0.493 e. The molecule has 0 aliphatic rings. The second-order valence-electron chi connectivity index (χ2n) is 2.30. The molecule has 0 amide bonds. The van der Waals surface area contributed by atoms with Crippen LogP contribution < -0.4 is 4.74 Å². The summed E-state index contributed by atoms with van der Waals surface area (Å²) in [7, 11) is 1.19. The van der Waals surface area contributed by atoms with Gasteiger partial charge in [-0.3, -0.25) is 10.1 Å². The van der Waals surface area contributed by atoms with E-state index in [1.54, 1.807) is 0 Å². The Hall–Kier alpha value is -1.07. The van der Waals surface area contributed by atoms with Crippen LogP contribution in [0.15, 0.2) is 6.07 Å². The van der Waals surface area contributed by atoms with E-state index in [-0.39, 0.29) is 15.8 Å². The fourth-order valence-electron chi connectivity index (χ4n) is 0.880. The molecule has 14 heavy (non-hydrogen) atoms. The summed E-state index contributed by atoms with van der Waals surface area (Å²) in [6.07, 6.45) is 0. The van der Waals surface area contributed by atoms with Gasteiger partial charge in [-0.15, -0.1) is 0 Å². The first kappa shape index (κ1) is 11.0.